The summed E-state index contributed by atoms with van der Waals surface area (Å²) in [5.41, 5.74) is 5.76. The van der Waals surface area contributed by atoms with Gasteiger partial charge in [-0.15, -0.1) is 0 Å². The second kappa shape index (κ2) is 5.74. The number of methoxy groups -OCH3 is 1. The molecule has 0 aliphatic heterocycles. The van der Waals surface area contributed by atoms with Gasteiger partial charge < -0.3 is 10.5 Å². The quantitative estimate of drug-likeness (QED) is 0.671. The van der Waals surface area contributed by atoms with E-state index in [1.807, 2.05) is 24.3 Å². The molecule has 0 saturated carbocycles. The lowest BCUT2D eigenvalue weighted by atomic mass is 10.2. The SMILES string of the molecule is CN.COc1ccc(C)cc1.[HH]. The highest BCUT2D eigenvalue weighted by Gasteiger charge is 1.85. The predicted octanol–water partition coefficient (Wildman–Crippen LogP) is 1.82. The van der Waals surface area contributed by atoms with Crippen molar-refractivity contribution < 1.29 is 6.16 Å². The Kier molecular flexibility index (Phi) is 5.21. The Morgan fingerprint density at radius 2 is 1.64 bits per heavy atom. The van der Waals surface area contributed by atoms with Crippen LogP contribution in [0.2, 0.25) is 0 Å². The molecule has 0 saturated heterocycles. The van der Waals surface area contributed by atoms with Crippen molar-refractivity contribution in [1.29, 1.82) is 0 Å². The van der Waals surface area contributed by atoms with Gasteiger partial charge in [-0.2, -0.15) is 0 Å². The molecule has 0 aliphatic rings. The first-order valence-corrected chi connectivity index (χ1v) is 3.51. The van der Waals surface area contributed by atoms with E-state index >= 15 is 0 Å². The smallest absolute Gasteiger partial charge is 0.118 e. The molecule has 2 N–H and O–H groups in total. The van der Waals surface area contributed by atoms with Gasteiger partial charge in [-0.25, -0.2) is 0 Å². The van der Waals surface area contributed by atoms with Crippen LogP contribution in [0.4, 0.5) is 0 Å². The molecular weight excluding hydrogens is 138 g/mol. The molecule has 2 heteroatoms. The van der Waals surface area contributed by atoms with Crippen LogP contribution in [0.25, 0.3) is 0 Å². The third kappa shape index (κ3) is 3.63. The standard InChI is InChI=1S/C8H10O.CH5N.H2/c1-7-3-5-8(9-2)6-4-7;1-2;/h3-6H,1-2H3;2H2,1H3;1H. The number of nitrogens with two attached hydrogens (primary N) is 1. The van der Waals surface area contributed by atoms with E-state index in [0.29, 0.717) is 0 Å². The van der Waals surface area contributed by atoms with Crippen LogP contribution in [0.3, 0.4) is 0 Å². The van der Waals surface area contributed by atoms with E-state index in [4.69, 9.17) is 4.74 Å². The molecule has 0 unspecified atom stereocenters. The fourth-order valence-electron chi connectivity index (χ4n) is 0.674. The van der Waals surface area contributed by atoms with E-state index in [2.05, 4.69) is 12.7 Å². The summed E-state index contributed by atoms with van der Waals surface area (Å²) >= 11 is 0. The lowest BCUT2D eigenvalue weighted by Gasteiger charge is -1.97. The van der Waals surface area contributed by atoms with Gasteiger partial charge in [0, 0.05) is 1.43 Å². The van der Waals surface area contributed by atoms with E-state index in [-0.39, 0.29) is 1.43 Å². The summed E-state index contributed by atoms with van der Waals surface area (Å²) in [5, 5.41) is 0. The van der Waals surface area contributed by atoms with Gasteiger partial charge in [0.1, 0.15) is 5.75 Å². The fraction of sp³-hybridized carbons (Fsp3) is 0.333. The Hall–Kier alpha value is -1.02. The van der Waals surface area contributed by atoms with Crippen LogP contribution < -0.4 is 10.5 Å². The highest BCUT2D eigenvalue weighted by atomic mass is 16.5. The van der Waals surface area contributed by atoms with Crippen LogP contribution in [-0.4, -0.2) is 14.2 Å². The summed E-state index contributed by atoms with van der Waals surface area (Å²) in [7, 11) is 3.17. The highest BCUT2D eigenvalue weighted by Crippen LogP contribution is 2.09. The van der Waals surface area contributed by atoms with Crippen molar-refractivity contribution in [2.24, 2.45) is 5.73 Å². The Bertz CT molecular complexity index is 186. The van der Waals surface area contributed by atoms with E-state index in [1.54, 1.807) is 7.11 Å². The molecular formula is C9H17NO. The maximum absolute atomic E-state index is 4.97. The normalized spacial score (nSPS) is 8.00. The molecule has 1 aromatic rings. The van der Waals surface area contributed by atoms with Gasteiger partial charge in [-0.05, 0) is 26.1 Å². The average Bonchev–Trinajstić information content (AvgIpc) is 2.10. The lowest BCUT2D eigenvalue weighted by molar-refractivity contribution is 0.414. The van der Waals surface area contributed by atoms with Crippen molar-refractivity contribution in [3.8, 4) is 5.75 Å². The van der Waals surface area contributed by atoms with Crippen LogP contribution in [0, 0.1) is 6.92 Å². The number of ether oxygens (including phenoxy) is 1. The van der Waals surface area contributed by atoms with Gasteiger partial charge >= 0.3 is 0 Å². The van der Waals surface area contributed by atoms with E-state index in [9.17, 15) is 0 Å². The molecule has 1 aromatic carbocycles. The Morgan fingerprint density at radius 1 is 1.18 bits per heavy atom. The van der Waals surface area contributed by atoms with Crippen molar-refractivity contribution in [2.75, 3.05) is 14.2 Å². The molecule has 0 atom stereocenters. The average molecular weight is 155 g/mol. The van der Waals surface area contributed by atoms with Crippen LogP contribution >= 0.6 is 0 Å². The predicted molar refractivity (Wildman–Crippen MR) is 50.0 cm³/mol. The van der Waals surface area contributed by atoms with Gasteiger partial charge in [0.2, 0.25) is 0 Å². The van der Waals surface area contributed by atoms with Gasteiger partial charge in [-0.3, -0.25) is 0 Å². The molecule has 0 spiro atoms. The zero-order chi connectivity index (χ0) is 8.69. The number of aryl methyl sites for hydroxylation is 1. The van der Waals surface area contributed by atoms with Gasteiger partial charge in [0.25, 0.3) is 0 Å². The topological polar surface area (TPSA) is 35.2 Å². The Balaban J connectivity index is 0. The molecule has 0 aromatic heterocycles. The minimum Gasteiger partial charge on any atom is -0.497 e. The van der Waals surface area contributed by atoms with Gasteiger partial charge in [0.05, 0.1) is 7.11 Å². The molecule has 64 valence electrons. The second-order valence-electron chi connectivity index (χ2n) is 2.02. The van der Waals surface area contributed by atoms with Crippen molar-refractivity contribution >= 4 is 0 Å². The first-order valence-electron chi connectivity index (χ1n) is 3.51. The zero-order valence-corrected chi connectivity index (χ0v) is 7.29. The molecule has 0 fully saturated rings. The summed E-state index contributed by atoms with van der Waals surface area (Å²) in [6.07, 6.45) is 0. The Morgan fingerprint density at radius 3 is 2.00 bits per heavy atom. The van der Waals surface area contributed by atoms with Crippen molar-refractivity contribution in [3.05, 3.63) is 29.8 Å². The first kappa shape index (κ1) is 9.98. The van der Waals surface area contributed by atoms with Crippen LogP contribution in [0.15, 0.2) is 24.3 Å². The molecule has 2 nitrogen and oxygen atoms in total. The van der Waals surface area contributed by atoms with Crippen LogP contribution in [0.5, 0.6) is 5.75 Å². The van der Waals surface area contributed by atoms with E-state index in [1.165, 1.54) is 12.6 Å². The molecule has 0 heterocycles. The third-order valence-corrected chi connectivity index (χ3v) is 1.26. The van der Waals surface area contributed by atoms with Crippen LogP contribution in [-0.2, 0) is 0 Å². The molecule has 0 radical (unpaired) electrons. The summed E-state index contributed by atoms with van der Waals surface area (Å²) < 4.78 is 4.97. The molecule has 0 aliphatic carbocycles. The van der Waals surface area contributed by atoms with Crippen molar-refractivity contribution in [2.45, 2.75) is 6.92 Å². The number of hydrogen-bond donors (Lipinski definition) is 1. The summed E-state index contributed by atoms with van der Waals surface area (Å²) in [6, 6.07) is 7.96. The first-order chi connectivity index (χ1) is 5.33. The monoisotopic (exact) mass is 155 g/mol. The van der Waals surface area contributed by atoms with E-state index < -0.39 is 0 Å². The maximum Gasteiger partial charge on any atom is 0.118 e. The zero-order valence-electron chi connectivity index (χ0n) is 7.29. The second-order valence-corrected chi connectivity index (χ2v) is 2.02. The minimum atomic E-state index is 0. The van der Waals surface area contributed by atoms with Crippen LogP contribution in [0.1, 0.15) is 6.99 Å². The molecule has 11 heavy (non-hydrogen) atoms. The molecule has 1 rings (SSSR count). The Labute approximate surface area is 69.5 Å². The molecule has 0 amide bonds. The summed E-state index contributed by atoms with van der Waals surface area (Å²) in [6.45, 7) is 2.06. The summed E-state index contributed by atoms with van der Waals surface area (Å²) in [5.74, 6) is 0.917. The number of rotatable bonds is 1. The van der Waals surface area contributed by atoms with Gasteiger partial charge in [0.15, 0.2) is 0 Å². The lowest BCUT2D eigenvalue weighted by Crippen LogP contribution is -1.80. The fourth-order valence-corrected chi connectivity index (χ4v) is 0.674. The minimum absolute atomic E-state index is 0. The van der Waals surface area contributed by atoms with Crippen molar-refractivity contribution in [3.63, 3.8) is 0 Å². The summed E-state index contributed by atoms with van der Waals surface area (Å²) in [4.78, 5) is 0. The third-order valence-electron chi connectivity index (χ3n) is 1.26. The number of benzene rings is 1. The maximum atomic E-state index is 4.97. The van der Waals surface area contributed by atoms with E-state index in [0.717, 1.165) is 5.75 Å². The highest BCUT2D eigenvalue weighted by molar-refractivity contribution is 5.25. The largest absolute Gasteiger partial charge is 0.497 e. The molecule has 0 bridgehead atoms. The van der Waals surface area contributed by atoms with Crippen molar-refractivity contribution in [1.82, 2.24) is 0 Å². The number of hydrogen-bond acceptors (Lipinski definition) is 2. The van der Waals surface area contributed by atoms with Gasteiger partial charge in [-0.1, -0.05) is 17.7 Å².